The fourth-order valence-corrected chi connectivity index (χ4v) is 1.82. The molecule has 2 N–H and O–H groups in total. The van der Waals surface area contributed by atoms with Gasteiger partial charge >= 0.3 is 0 Å². The summed E-state index contributed by atoms with van der Waals surface area (Å²) >= 11 is 0. The normalized spacial score (nSPS) is 10.1. The van der Waals surface area contributed by atoms with Crippen LogP contribution in [0.1, 0.15) is 25.0 Å². The lowest BCUT2D eigenvalue weighted by Crippen LogP contribution is -2.39. The lowest BCUT2D eigenvalue weighted by Gasteiger charge is -2.29. The van der Waals surface area contributed by atoms with E-state index in [1.165, 1.54) is 0 Å². The number of para-hydroxylation sites is 1. The molecule has 0 spiro atoms. The zero-order valence-corrected chi connectivity index (χ0v) is 10.4. The molecule has 0 aromatic heterocycles. The molecule has 4 nitrogen and oxygen atoms in total. The van der Waals surface area contributed by atoms with Gasteiger partial charge in [-0.2, -0.15) is 5.26 Å². The van der Waals surface area contributed by atoms with Crippen molar-refractivity contribution in [2.45, 2.75) is 26.8 Å². The zero-order valence-electron chi connectivity index (χ0n) is 10.4. The molecule has 4 heteroatoms. The number of carbonyl (C=O) groups excluding carboxylic acids is 1. The summed E-state index contributed by atoms with van der Waals surface area (Å²) in [5.74, 6) is -0.397. The largest absolute Gasteiger partial charge is 0.368 e. The van der Waals surface area contributed by atoms with Crippen molar-refractivity contribution in [2.75, 3.05) is 11.4 Å². The number of hydrogen-bond acceptors (Lipinski definition) is 3. The number of hydrogen-bond donors (Lipinski definition) is 1. The Morgan fingerprint density at radius 2 is 2.18 bits per heavy atom. The Labute approximate surface area is 102 Å². The van der Waals surface area contributed by atoms with Crippen molar-refractivity contribution in [1.82, 2.24) is 0 Å². The van der Waals surface area contributed by atoms with Gasteiger partial charge in [0.2, 0.25) is 5.91 Å². The molecule has 1 rings (SSSR count). The Morgan fingerprint density at radius 1 is 1.53 bits per heavy atom. The highest BCUT2D eigenvalue weighted by atomic mass is 16.1. The van der Waals surface area contributed by atoms with Gasteiger partial charge in [0.05, 0.1) is 17.8 Å². The summed E-state index contributed by atoms with van der Waals surface area (Å²) in [4.78, 5) is 13.0. The van der Waals surface area contributed by atoms with Gasteiger partial charge in [0, 0.05) is 6.04 Å². The van der Waals surface area contributed by atoms with Gasteiger partial charge in [0.25, 0.3) is 0 Å². The summed E-state index contributed by atoms with van der Waals surface area (Å²) in [6.07, 6.45) is 0. The van der Waals surface area contributed by atoms with Crippen LogP contribution in [0.15, 0.2) is 18.2 Å². The second kappa shape index (κ2) is 5.35. The minimum Gasteiger partial charge on any atom is -0.368 e. The molecule has 1 aromatic rings. The van der Waals surface area contributed by atoms with E-state index in [-0.39, 0.29) is 12.6 Å². The van der Waals surface area contributed by atoms with Gasteiger partial charge < -0.3 is 10.6 Å². The van der Waals surface area contributed by atoms with Gasteiger partial charge in [-0.1, -0.05) is 12.1 Å². The van der Waals surface area contributed by atoms with Gasteiger partial charge in [0.15, 0.2) is 0 Å². The average Bonchev–Trinajstić information content (AvgIpc) is 2.25. The Hall–Kier alpha value is -2.02. The molecule has 0 aliphatic carbocycles. The summed E-state index contributed by atoms with van der Waals surface area (Å²) in [5.41, 5.74) is 7.58. The number of nitriles is 1. The molecule has 0 heterocycles. The highest BCUT2D eigenvalue weighted by Gasteiger charge is 2.18. The SMILES string of the molecule is Cc1cccc(C#N)c1N(CC(N)=O)C(C)C. The summed E-state index contributed by atoms with van der Waals surface area (Å²) in [5, 5.41) is 9.11. The first-order valence-corrected chi connectivity index (χ1v) is 5.52. The number of aryl methyl sites for hydroxylation is 1. The Kier molecular flexibility index (Phi) is 4.11. The highest BCUT2D eigenvalue weighted by molar-refractivity contribution is 5.81. The maximum Gasteiger partial charge on any atom is 0.236 e. The van der Waals surface area contributed by atoms with Crippen LogP contribution in [0.2, 0.25) is 0 Å². The van der Waals surface area contributed by atoms with Crippen LogP contribution in [-0.2, 0) is 4.79 Å². The summed E-state index contributed by atoms with van der Waals surface area (Å²) in [7, 11) is 0. The van der Waals surface area contributed by atoms with Crippen LogP contribution in [0, 0.1) is 18.3 Å². The molecule has 1 aromatic carbocycles. The van der Waals surface area contributed by atoms with Crippen molar-refractivity contribution in [3.8, 4) is 6.07 Å². The summed E-state index contributed by atoms with van der Waals surface area (Å²) in [6.45, 7) is 5.98. The molecular weight excluding hydrogens is 214 g/mol. The number of nitrogens with two attached hydrogens (primary N) is 1. The maximum absolute atomic E-state index is 11.1. The van der Waals surface area contributed by atoms with Crippen LogP contribution in [0.5, 0.6) is 0 Å². The number of amides is 1. The molecule has 0 atom stereocenters. The Bertz CT molecular complexity index is 460. The van der Waals surface area contributed by atoms with Crippen molar-refractivity contribution in [1.29, 1.82) is 5.26 Å². The summed E-state index contributed by atoms with van der Waals surface area (Å²) in [6, 6.07) is 7.76. The third kappa shape index (κ3) is 2.97. The first-order valence-electron chi connectivity index (χ1n) is 5.52. The molecule has 0 aliphatic heterocycles. The van der Waals surface area contributed by atoms with E-state index in [1.807, 2.05) is 37.8 Å². The van der Waals surface area contributed by atoms with Crippen molar-refractivity contribution < 1.29 is 4.79 Å². The Balaban J connectivity index is 3.27. The Morgan fingerprint density at radius 3 is 2.65 bits per heavy atom. The van der Waals surface area contributed by atoms with Gasteiger partial charge in [-0.25, -0.2) is 0 Å². The maximum atomic E-state index is 11.1. The molecule has 0 aliphatic rings. The van der Waals surface area contributed by atoms with E-state index in [2.05, 4.69) is 6.07 Å². The van der Waals surface area contributed by atoms with Crippen LogP contribution < -0.4 is 10.6 Å². The highest BCUT2D eigenvalue weighted by Crippen LogP contribution is 2.26. The fourth-order valence-electron chi connectivity index (χ4n) is 1.82. The third-order valence-corrected chi connectivity index (χ3v) is 2.59. The molecule has 1 amide bonds. The van der Waals surface area contributed by atoms with Gasteiger partial charge in [-0.05, 0) is 32.4 Å². The first-order chi connectivity index (χ1) is 7.97. The van der Waals surface area contributed by atoms with Crippen LogP contribution in [-0.4, -0.2) is 18.5 Å². The predicted molar refractivity (Wildman–Crippen MR) is 67.6 cm³/mol. The van der Waals surface area contributed by atoms with Crippen LogP contribution in [0.25, 0.3) is 0 Å². The number of primary amides is 1. The van der Waals surface area contributed by atoms with Crippen molar-refractivity contribution in [3.63, 3.8) is 0 Å². The van der Waals surface area contributed by atoms with E-state index in [9.17, 15) is 4.79 Å². The first kappa shape index (κ1) is 13.0. The molecule has 0 radical (unpaired) electrons. The lowest BCUT2D eigenvalue weighted by atomic mass is 10.1. The molecule has 0 bridgehead atoms. The van der Waals surface area contributed by atoms with E-state index in [0.717, 1.165) is 11.3 Å². The summed E-state index contributed by atoms with van der Waals surface area (Å²) < 4.78 is 0. The van der Waals surface area contributed by atoms with Gasteiger partial charge in [-0.3, -0.25) is 4.79 Å². The van der Waals surface area contributed by atoms with Crippen LogP contribution in [0.4, 0.5) is 5.69 Å². The second-order valence-electron chi connectivity index (χ2n) is 4.27. The standard InChI is InChI=1S/C13H17N3O/c1-9(2)16(8-12(15)17)13-10(3)5-4-6-11(13)7-14/h4-6,9H,8H2,1-3H3,(H2,15,17). The van der Waals surface area contributed by atoms with Crippen molar-refractivity contribution in [3.05, 3.63) is 29.3 Å². The third-order valence-electron chi connectivity index (χ3n) is 2.59. The van der Waals surface area contributed by atoms with Crippen molar-refractivity contribution in [2.24, 2.45) is 5.73 Å². The number of benzene rings is 1. The fraction of sp³-hybridized carbons (Fsp3) is 0.385. The molecule has 0 saturated carbocycles. The van der Waals surface area contributed by atoms with Gasteiger partial charge in [0.1, 0.15) is 6.07 Å². The molecule has 90 valence electrons. The number of carbonyl (C=O) groups is 1. The topological polar surface area (TPSA) is 70.1 Å². The number of nitrogens with zero attached hydrogens (tertiary/aromatic N) is 2. The number of anilines is 1. The van der Waals surface area contributed by atoms with Crippen molar-refractivity contribution >= 4 is 11.6 Å². The van der Waals surface area contributed by atoms with Crippen LogP contribution in [0.3, 0.4) is 0 Å². The van der Waals surface area contributed by atoms with E-state index < -0.39 is 5.91 Å². The molecular formula is C13H17N3O. The van der Waals surface area contributed by atoms with Gasteiger partial charge in [-0.15, -0.1) is 0 Å². The number of rotatable bonds is 4. The quantitative estimate of drug-likeness (QED) is 0.855. The van der Waals surface area contributed by atoms with E-state index in [0.29, 0.717) is 5.56 Å². The molecule has 0 saturated heterocycles. The van der Waals surface area contributed by atoms with Crippen LogP contribution >= 0.6 is 0 Å². The van der Waals surface area contributed by atoms with E-state index in [4.69, 9.17) is 11.0 Å². The van der Waals surface area contributed by atoms with E-state index in [1.54, 1.807) is 6.07 Å². The minimum absolute atomic E-state index is 0.107. The smallest absolute Gasteiger partial charge is 0.236 e. The zero-order chi connectivity index (χ0) is 13.0. The monoisotopic (exact) mass is 231 g/mol. The minimum atomic E-state index is -0.397. The second-order valence-corrected chi connectivity index (χ2v) is 4.27. The molecule has 0 fully saturated rings. The lowest BCUT2D eigenvalue weighted by molar-refractivity contribution is -0.116. The molecule has 0 unspecified atom stereocenters. The van der Waals surface area contributed by atoms with E-state index >= 15 is 0 Å². The average molecular weight is 231 g/mol. The predicted octanol–water partition coefficient (Wildman–Crippen LogP) is 1.57. The molecule has 17 heavy (non-hydrogen) atoms.